The van der Waals surface area contributed by atoms with Gasteiger partial charge in [-0.2, -0.15) is 15.2 Å². The molecule has 2 aliphatic heterocycles. The largest absolute Gasteiger partial charge is 0.444 e. The fourth-order valence-electron chi connectivity index (χ4n) is 6.19. The lowest BCUT2D eigenvalue weighted by molar-refractivity contribution is 0.00682. The van der Waals surface area contributed by atoms with Crippen molar-refractivity contribution in [1.82, 2.24) is 34.8 Å². The zero-order chi connectivity index (χ0) is 28.3. The Labute approximate surface area is 239 Å². The molecule has 1 aromatic carbocycles. The molecule has 214 valence electrons. The molecular formula is C30H37N9O2. The number of aromatic amines is 1. The van der Waals surface area contributed by atoms with E-state index in [2.05, 4.69) is 55.0 Å². The highest BCUT2D eigenvalue weighted by Crippen LogP contribution is 2.39. The Bertz CT molecular complexity index is 1580. The van der Waals surface area contributed by atoms with Gasteiger partial charge in [-0.15, -0.1) is 0 Å². The number of carbonyl (C=O) groups is 1. The average molecular weight is 556 g/mol. The number of fused-ring (bicyclic) bond motifs is 3. The molecule has 5 heterocycles. The molecule has 3 N–H and O–H groups in total. The fraction of sp³-hybridized carbons (Fsp3) is 0.500. The minimum absolute atomic E-state index is 0.154. The molecule has 2 atom stereocenters. The monoisotopic (exact) mass is 555 g/mol. The van der Waals surface area contributed by atoms with Crippen molar-refractivity contribution in [3.05, 3.63) is 42.4 Å². The van der Waals surface area contributed by atoms with Gasteiger partial charge in [0.1, 0.15) is 11.4 Å². The van der Waals surface area contributed by atoms with Crippen LogP contribution in [0, 0.1) is 6.92 Å². The van der Waals surface area contributed by atoms with Crippen LogP contribution in [0.4, 0.5) is 22.4 Å². The van der Waals surface area contributed by atoms with Crippen molar-refractivity contribution < 1.29 is 9.53 Å². The van der Waals surface area contributed by atoms with Crippen molar-refractivity contribution >= 4 is 34.6 Å². The van der Waals surface area contributed by atoms with Gasteiger partial charge in [0.15, 0.2) is 5.82 Å². The maximum atomic E-state index is 12.9. The second-order valence-electron chi connectivity index (χ2n) is 12.7. The second kappa shape index (κ2) is 9.74. The molecule has 2 unspecified atom stereocenters. The Morgan fingerprint density at radius 2 is 1.78 bits per heavy atom. The first-order chi connectivity index (χ1) is 19.7. The average Bonchev–Trinajstić information content (AvgIpc) is 3.37. The lowest BCUT2D eigenvalue weighted by atomic mass is 9.98. The smallest absolute Gasteiger partial charge is 0.410 e. The molecule has 3 aliphatic rings. The van der Waals surface area contributed by atoms with Crippen LogP contribution in [-0.2, 0) is 4.74 Å². The van der Waals surface area contributed by atoms with Crippen LogP contribution >= 0.6 is 0 Å². The van der Waals surface area contributed by atoms with Gasteiger partial charge in [0, 0.05) is 47.0 Å². The van der Waals surface area contributed by atoms with E-state index in [1.165, 1.54) is 12.8 Å². The number of benzene rings is 1. The van der Waals surface area contributed by atoms with Gasteiger partial charge >= 0.3 is 6.09 Å². The topological polar surface area (TPSA) is 126 Å². The first kappa shape index (κ1) is 25.8. The summed E-state index contributed by atoms with van der Waals surface area (Å²) in [6, 6.07) is 9.21. The molecule has 1 aliphatic carbocycles. The molecule has 0 spiro atoms. The number of aryl methyl sites for hydroxylation is 1. The number of piperidine rings is 1. The van der Waals surface area contributed by atoms with Crippen LogP contribution in [0.3, 0.4) is 0 Å². The highest BCUT2D eigenvalue weighted by Gasteiger charge is 2.45. The highest BCUT2D eigenvalue weighted by atomic mass is 16.6. The Balaban J connectivity index is 1.17. The van der Waals surface area contributed by atoms with Crippen molar-refractivity contribution in [3.8, 4) is 11.1 Å². The molecule has 11 heteroatoms. The van der Waals surface area contributed by atoms with E-state index in [0.717, 1.165) is 53.4 Å². The number of carbonyl (C=O) groups excluding carboxylic acids is 1. The zero-order valence-electron chi connectivity index (χ0n) is 24.0. The summed E-state index contributed by atoms with van der Waals surface area (Å²) in [6.45, 7) is 7.71. The summed E-state index contributed by atoms with van der Waals surface area (Å²) in [5.41, 5.74) is 3.44. The second-order valence-corrected chi connectivity index (χ2v) is 12.7. The number of hydrogen-bond acceptors (Lipinski definition) is 8. The van der Waals surface area contributed by atoms with Crippen molar-refractivity contribution in [2.24, 2.45) is 0 Å². The van der Waals surface area contributed by atoms with E-state index >= 15 is 0 Å². The molecule has 3 aromatic heterocycles. The third-order valence-corrected chi connectivity index (χ3v) is 8.18. The van der Waals surface area contributed by atoms with E-state index in [9.17, 15) is 4.79 Å². The molecule has 0 radical (unpaired) electrons. The van der Waals surface area contributed by atoms with Gasteiger partial charge in [0.25, 0.3) is 0 Å². The normalized spacial score (nSPS) is 22.2. The molecule has 7 rings (SSSR count). The van der Waals surface area contributed by atoms with E-state index in [1.807, 2.05) is 44.9 Å². The quantitative estimate of drug-likeness (QED) is 0.267. The summed E-state index contributed by atoms with van der Waals surface area (Å²) in [5.74, 6) is 1.96. The van der Waals surface area contributed by atoms with Crippen molar-refractivity contribution in [2.75, 3.05) is 10.6 Å². The summed E-state index contributed by atoms with van der Waals surface area (Å²) < 4.78 is 7.79. The number of aromatic nitrogens is 6. The summed E-state index contributed by atoms with van der Waals surface area (Å²) in [7, 11) is 0. The number of nitrogens with one attached hydrogen (secondary N) is 3. The van der Waals surface area contributed by atoms with E-state index in [1.54, 1.807) is 0 Å². The predicted molar refractivity (Wildman–Crippen MR) is 157 cm³/mol. The summed E-state index contributed by atoms with van der Waals surface area (Å²) in [4.78, 5) is 24.8. The van der Waals surface area contributed by atoms with Crippen LogP contribution in [0.1, 0.15) is 71.0 Å². The predicted octanol–water partition coefficient (Wildman–Crippen LogP) is 5.95. The summed E-state index contributed by atoms with van der Waals surface area (Å²) in [5, 5.41) is 19.8. The van der Waals surface area contributed by atoms with Crippen LogP contribution in [0.15, 0.2) is 36.7 Å². The summed E-state index contributed by atoms with van der Waals surface area (Å²) in [6.07, 6.45) is 9.89. The third-order valence-electron chi connectivity index (χ3n) is 8.18. The van der Waals surface area contributed by atoms with Crippen LogP contribution < -0.4 is 10.6 Å². The van der Waals surface area contributed by atoms with E-state index in [0.29, 0.717) is 23.6 Å². The van der Waals surface area contributed by atoms with Gasteiger partial charge in [-0.05, 0) is 83.9 Å². The molecule has 41 heavy (non-hydrogen) atoms. The first-order valence-electron chi connectivity index (χ1n) is 14.6. The van der Waals surface area contributed by atoms with E-state index in [-0.39, 0.29) is 24.2 Å². The molecule has 2 saturated heterocycles. The van der Waals surface area contributed by atoms with Crippen LogP contribution in [0.5, 0.6) is 0 Å². The van der Waals surface area contributed by atoms with Crippen LogP contribution in [-0.4, -0.2) is 64.7 Å². The minimum Gasteiger partial charge on any atom is -0.444 e. The number of H-pyrrole nitrogens is 1. The maximum absolute atomic E-state index is 12.9. The Kier molecular flexibility index (Phi) is 6.13. The lowest BCUT2D eigenvalue weighted by Gasteiger charge is -2.39. The maximum Gasteiger partial charge on any atom is 0.410 e. The van der Waals surface area contributed by atoms with Gasteiger partial charge in [-0.1, -0.05) is 6.07 Å². The van der Waals surface area contributed by atoms with Gasteiger partial charge in [0.2, 0.25) is 5.95 Å². The Morgan fingerprint density at radius 1 is 1.02 bits per heavy atom. The van der Waals surface area contributed by atoms with E-state index < -0.39 is 5.60 Å². The van der Waals surface area contributed by atoms with Gasteiger partial charge in [-0.25, -0.2) is 9.78 Å². The fourth-order valence-corrected chi connectivity index (χ4v) is 6.19. The van der Waals surface area contributed by atoms with Gasteiger partial charge in [-0.3, -0.25) is 9.78 Å². The molecule has 1 saturated carbocycles. The first-order valence-corrected chi connectivity index (χ1v) is 14.6. The molecule has 1 amide bonds. The number of rotatable bonds is 6. The summed E-state index contributed by atoms with van der Waals surface area (Å²) >= 11 is 0. The molecule has 4 aromatic rings. The van der Waals surface area contributed by atoms with Crippen molar-refractivity contribution in [3.63, 3.8) is 0 Å². The SMILES string of the molecule is Cc1cc(Nc2nc(NC3CC4CCC(C3)N4C(=O)OC(C)(C)C)nc3cc(-c4cnn(C5CC5)c4)ccc23)n[nH]1. The van der Waals surface area contributed by atoms with Gasteiger partial charge in [0.05, 0.1) is 17.8 Å². The lowest BCUT2D eigenvalue weighted by Crippen LogP contribution is -2.51. The third kappa shape index (κ3) is 5.32. The zero-order valence-corrected chi connectivity index (χ0v) is 24.0. The Hall–Kier alpha value is -4.15. The number of nitrogens with zero attached hydrogens (tertiary/aromatic N) is 6. The van der Waals surface area contributed by atoms with E-state index in [4.69, 9.17) is 14.7 Å². The van der Waals surface area contributed by atoms with Gasteiger partial charge < -0.3 is 20.3 Å². The number of ether oxygens (including phenoxy) is 1. The number of anilines is 3. The number of hydrogen-bond donors (Lipinski definition) is 3. The molecular weight excluding hydrogens is 518 g/mol. The molecule has 11 nitrogen and oxygen atoms in total. The molecule has 2 bridgehead atoms. The van der Waals surface area contributed by atoms with Crippen LogP contribution in [0.2, 0.25) is 0 Å². The highest BCUT2D eigenvalue weighted by molar-refractivity contribution is 5.94. The molecule has 3 fully saturated rings. The standard InChI is InChI=1S/C30H37N9O2/c1-17-11-26(37-36-17)34-27-24-10-5-18(19-15-31-38(16-19)21-6-7-21)12-25(24)33-28(35-27)32-20-13-22-8-9-23(14-20)39(22)29(40)41-30(2,3)4/h5,10-12,15-16,20-23H,6-9,13-14H2,1-4H3,(H3,32,33,34,35,36,37). The van der Waals surface area contributed by atoms with Crippen LogP contribution in [0.25, 0.3) is 22.0 Å². The minimum atomic E-state index is -0.504. The Morgan fingerprint density at radius 3 is 2.46 bits per heavy atom. The number of amides is 1. The van der Waals surface area contributed by atoms with Crippen molar-refractivity contribution in [1.29, 1.82) is 0 Å². The van der Waals surface area contributed by atoms with Crippen molar-refractivity contribution in [2.45, 2.75) is 96.0 Å².